The van der Waals surface area contributed by atoms with Gasteiger partial charge in [0.1, 0.15) is 47.9 Å². The number of anilines is 1. The molecule has 1 saturated heterocycles. The molecule has 5 rings (SSSR count). The van der Waals surface area contributed by atoms with E-state index in [2.05, 4.69) is 36.9 Å². The minimum Gasteiger partial charge on any atom is -0.394 e. The summed E-state index contributed by atoms with van der Waals surface area (Å²) < 4.78 is 17.8. The number of nitro groups is 1. The molecule has 3 aromatic carbocycles. The van der Waals surface area contributed by atoms with Crippen molar-refractivity contribution in [1.29, 1.82) is 0 Å². The number of para-hydroxylation sites is 1. The van der Waals surface area contributed by atoms with Crippen LogP contribution in [0.3, 0.4) is 0 Å². The van der Waals surface area contributed by atoms with Crippen LogP contribution in [-0.4, -0.2) is 131 Å². The fourth-order valence-electron chi connectivity index (χ4n) is 7.48. The maximum Gasteiger partial charge on any atom is 0.280 e. The van der Waals surface area contributed by atoms with E-state index >= 15 is 0 Å². The summed E-state index contributed by atoms with van der Waals surface area (Å²) in [7, 11) is 0. The zero-order chi connectivity index (χ0) is 47.9. The number of benzene rings is 3. The molecule has 10 N–H and O–H groups in total. The van der Waals surface area contributed by atoms with Crippen molar-refractivity contribution < 1.29 is 53.3 Å². The molecule has 0 radical (unpaired) electrons. The normalized spacial score (nSPS) is 19.7. The molecule has 8 atom stereocenters. The molecule has 0 saturated carbocycles. The molecular weight excluding hydrogens is 859 g/mol. The van der Waals surface area contributed by atoms with E-state index in [4.69, 9.17) is 19.9 Å². The number of aliphatic hydroxyl groups excluding tert-OH is 2. The molecule has 2 heterocycles. The number of fused-ring (bicyclic) bond motifs is 2. The topological polar surface area (TPSA) is 308 Å². The lowest BCUT2D eigenvalue weighted by molar-refractivity contribution is -0.383. The molecule has 1 aliphatic rings. The Morgan fingerprint density at radius 2 is 1.61 bits per heavy atom. The number of carbonyl (C=O) groups is 5. The van der Waals surface area contributed by atoms with E-state index in [0.717, 1.165) is 10.9 Å². The van der Waals surface area contributed by atoms with Crippen LogP contribution in [0.1, 0.15) is 46.1 Å². The van der Waals surface area contributed by atoms with Gasteiger partial charge in [-0.1, -0.05) is 68.4 Å². The Hall–Kier alpha value is -6.36. The summed E-state index contributed by atoms with van der Waals surface area (Å²) >= 11 is 0. The Morgan fingerprint density at radius 3 is 2.29 bits per heavy atom. The van der Waals surface area contributed by atoms with E-state index in [1.165, 1.54) is 19.9 Å². The molecule has 21 heteroatoms. The lowest BCUT2D eigenvalue weighted by Crippen LogP contribution is -2.66. The van der Waals surface area contributed by atoms with E-state index in [0.29, 0.717) is 41.7 Å². The molecule has 5 amide bonds. The quantitative estimate of drug-likeness (QED) is 0.0204. The van der Waals surface area contributed by atoms with E-state index in [9.17, 15) is 44.3 Å². The molecule has 0 bridgehead atoms. The van der Waals surface area contributed by atoms with Crippen molar-refractivity contribution in [2.24, 2.45) is 11.7 Å². The highest BCUT2D eigenvalue weighted by atomic mass is 16.7. The van der Waals surface area contributed by atoms with Crippen LogP contribution in [0.4, 0.5) is 11.4 Å². The molecule has 66 heavy (non-hydrogen) atoms. The minimum atomic E-state index is -1.51. The number of hydrogen-bond acceptors (Lipinski definition) is 15. The van der Waals surface area contributed by atoms with Gasteiger partial charge in [-0.2, -0.15) is 0 Å². The van der Waals surface area contributed by atoms with Gasteiger partial charge in [0.25, 0.3) is 5.69 Å². The summed E-state index contributed by atoms with van der Waals surface area (Å²) in [4.78, 5) is 80.5. The lowest BCUT2D eigenvalue weighted by atomic mass is 9.96. The summed E-state index contributed by atoms with van der Waals surface area (Å²) in [6.45, 7) is 6.85. The summed E-state index contributed by atoms with van der Waals surface area (Å²) in [5.41, 5.74) is 8.12. The molecule has 21 nitrogen and oxygen atoms in total. The molecule has 7 unspecified atom stereocenters. The average Bonchev–Trinajstić information content (AvgIpc) is 3.29. The number of nitrogens with zero attached hydrogens (tertiary/aromatic N) is 2. The standard InChI is InChI=1S/C45H59N9O12/c1-25(2)37(53-43(60)26(3)65-41-39(50-27(4)56)45(66-34(23-55)40(41)58)64-24-28-11-6-5-7-12-28)44(61)52-32(42(46)59)17-18-35(57)48-21-19-47-20-22-49-38-29-13-8-9-14-30(29)51-31-15-10-16-33(36(31)38)54(62)63/h5-16,25-26,32,34,37,39-41,45,47,55,58H,17-24H2,1-4H3,(H2,46,59)(H,48,57)(H,49,51)(H,50,56)(H,52,61)(H,53,60)/t26?,32-,34?,37?,39?,40?,41?,45?/m0/s1. The van der Waals surface area contributed by atoms with Gasteiger partial charge >= 0.3 is 0 Å². The molecular formula is C45H59N9O12. The van der Waals surface area contributed by atoms with Crippen molar-refractivity contribution in [3.8, 4) is 0 Å². The van der Waals surface area contributed by atoms with Crippen LogP contribution in [0.15, 0.2) is 72.8 Å². The first-order valence-corrected chi connectivity index (χ1v) is 21.7. The van der Waals surface area contributed by atoms with Gasteiger partial charge in [0.05, 0.1) is 34.9 Å². The van der Waals surface area contributed by atoms with Gasteiger partial charge in [-0.15, -0.1) is 0 Å². The first-order chi connectivity index (χ1) is 31.6. The van der Waals surface area contributed by atoms with Gasteiger partial charge in [-0.3, -0.25) is 34.1 Å². The number of rotatable bonds is 24. The van der Waals surface area contributed by atoms with Crippen LogP contribution >= 0.6 is 0 Å². The van der Waals surface area contributed by atoms with Gasteiger partial charge in [-0.25, -0.2) is 4.98 Å². The predicted molar refractivity (Wildman–Crippen MR) is 242 cm³/mol. The molecule has 1 aliphatic heterocycles. The van der Waals surface area contributed by atoms with Gasteiger partial charge in [0.15, 0.2) is 6.29 Å². The molecule has 1 aromatic heterocycles. The average molecular weight is 918 g/mol. The third-order valence-corrected chi connectivity index (χ3v) is 10.9. The maximum absolute atomic E-state index is 13.6. The van der Waals surface area contributed by atoms with Crippen molar-refractivity contribution in [3.63, 3.8) is 0 Å². The summed E-state index contributed by atoms with van der Waals surface area (Å²) in [5, 5.41) is 51.2. The van der Waals surface area contributed by atoms with E-state index in [1.807, 2.05) is 54.6 Å². The number of aliphatic hydroxyl groups is 2. The number of nitrogens with one attached hydrogen (secondary N) is 6. The Kier molecular flexibility index (Phi) is 18.6. The van der Waals surface area contributed by atoms with Crippen LogP contribution in [-0.2, 0) is 44.8 Å². The van der Waals surface area contributed by atoms with Crippen molar-refractivity contribution in [1.82, 2.24) is 31.6 Å². The number of nitro benzene ring substituents is 1. The number of primary amides is 1. The Morgan fingerprint density at radius 1 is 0.909 bits per heavy atom. The third kappa shape index (κ3) is 13.6. The van der Waals surface area contributed by atoms with Crippen LogP contribution < -0.4 is 37.6 Å². The Labute approximate surface area is 381 Å². The number of hydrogen-bond donors (Lipinski definition) is 9. The molecule has 356 valence electrons. The number of aromatic nitrogens is 1. The lowest BCUT2D eigenvalue weighted by Gasteiger charge is -2.44. The first-order valence-electron chi connectivity index (χ1n) is 21.7. The van der Waals surface area contributed by atoms with Crippen molar-refractivity contribution in [3.05, 3.63) is 88.5 Å². The van der Waals surface area contributed by atoms with Crippen molar-refractivity contribution in [2.75, 3.05) is 38.1 Å². The highest BCUT2D eigenvalue weighted by molar-refractivity contribution is 6.11. The fourth-order valence-corrected chi connectivity index (χ4v) is 7.48. The summed E-state index contributed by atoms with van der Waals surface area (Å²) in [6, 6.07) is 17.7. The van der Waals surface area contributed by atoms with Crippen LogP contribution in [0, 0.1) is 16.0 Å². The van der Waals surface area contributed by atoms with Crippen LogP contribution in [0.5, 0.6) is 0 Å². The second-order valence-corrected chi connectivity index (χ2v) is 16.2. The minimum absolute atomic E-state index is 0.0566. The Balaban J connectivity index is 1.09. The predicted octanol–water partition coefficient (Wildman–Crippen LogP) is 0.878. The zero-order valence-corrected chi connectivity index (χ0v) is 37.2. The third-order valence-electron chi connectivity index (χ3n) is 10.9. The van der Waals surface area contributed by atoms with Gasteiger partial charge in [-0.05, 0) is 37.0 Å². The van der Waals surface area contributed by atoms with Gasteiger partial charge in [0.2, 0.25) is 29.5 Å². The highest BCUT2D eigenvalue weighted by Gasteiger charge is 2.48. The number of non-ortho nitro benzene ring substituents is 1. The second-order valence-electron chi connectivity index (χ2n) is 16.2. The highest BCUT2D eigenvalue weighted by Crippen LogP contribution is 2.36. The van der Waals surface area contributed by atoms with E-state index in [1.54, 1.807) is 26.0 Å². The fraction of sp³-hybridized carbons (Fsp3) is 0.467. The number of pyridine rings is 1. The van der Waals surface area contributed by atoms with Crippen LogP contribution in [0.25, 0.3) is 21.8 Å². The van der Waals surface area contributed by atoms with E-state index in [-0.39, 0.29) is 31.7 Å². The Bertz CT molecular complexity index is 2320. The smallest absolute Gasteiger partial charge is 0.280 e. The number of amides is 5. The SMILES string of the molecule is CC(=O)NC1C(OCc2ccccc2)OC(CO)C(O)C1OC(C)C(=O)NC(C(=O)N[C@@H](CCC(=O)NCCNCCNc1c2ccccc2nc2cccc([N+](=O)[O-])c12)C(N)=O)C(C)C. The van der Waals surface area contributed by atoms with Crippen molar-refractivity contribution >= 4 is 62.7 Å². The van der Waals surface area contributed by atoms with Crippen molar-refractivity contribution in [2.45, 2.75) is 96.0 Å². The van der Waals surface area contributed by atoms with Crippen LogP contribution in [0.2, 0.25) is 0 Å². The molecule has 0 aliphatic carbocycles. The maximum atomic E-state index is 13.6. The summed E-state index contributed by atoms with van der Waals surface area (Å²) in [6.07, 6.45) is -6.82. The molecule has 1 fully saturated rings. The number of ether oxygens (including phenoxy) is 3. The molecule has 4 aromatic rings. The summed E-state index contributed by atoms with van der Waals surface area (Å²) in [5.74, 6) is -3.81. The largest absolute Gasteiger partial charge is 0.394 e. The monoisotopic (exact) mass is 917 g/mol. The molecule has 0 spiro atoms. The van der Waals surface area contributed by atoms with E-state index < -0.39 is 95.8 Å². The number of carbonyl (C=O) groups excluding carboxylic acids is 5. The zero-order valence-electron chi connectivity index (χ0n) is 37.2. The second kappa shape index (κ2) is 24.2. The van der Waals surface area contributed by atoms with Gasteiger partial charge in [0, 0.05) is 51.0 Å². The van der Waals surface area contributed by atoms with Gasteiger partial charge < -0.3 is 62.1 Å². The first kappa shape index (κ1) is 50.6. The number of nitrogens with two attached hydrogens (primary N) is 1.